The minimum absolute atomic E-state index is 0.00327. The third-order valence-corrected chi connectivity index (χ3v) is 10.4. The Morgan fingerprint density at radius 3 is 1.76 bits per heavy atom. The SMILES string of the molecule is CO[Si](O)(O)CCCN(CCC[Si](O)(O)OC)C(=O)[C@@H]1CCCN1C(=O)[C@@H]1CCCN1C(=O)C(C)(C)C. The van der Waals surface area contributed by atoms with Gasteiger partial charge in [0.05, 0.1) is 0 Å². The van der Waals surface area contributed by atoms with Crippen molar-refractivity contribution >= 4 is 35.3 Å². The average molecular weight is 564 g/mol. The Morgan fingerprint density at radius 2 is 1.30 bits per heavy atom. The van der Waals surface area contributed by atoms with E-state index in [9.17, 15) is 33.6 Å². The standard InChI is InChI=1S/C23H45N3O9Si2/c1-23(2,3)22(29)26-15-7-11-19(26)21(28)25-14-6-10-18(25)20(27)24(12-8-16-36(30,31)34-4)13-9-17-37(32,33)35-5/h18-19,30-33H,6-17H2,1-5H3/t18-,19-/m0/s1. The van der Waals surface area contributed by atoms with Crippen LogP contribution in [0.5, 0.6) is 0 Å². The number of likely N-dealkylation sites (tertiary alicyclic amines) is 2. The number of hydrogen-bond acceptors (Lipinski definition) is 9. The van der Waals surface area contributed by atoms with Gasteiger partial charge in [-0.2, -0.15) is 0 Å². The van der Waals surface area contributed by atoms with Crippen molar-refractivity contribution in [1.29, 1.82) is 0 Å². The van der Waals surface area contributed by atoms with E-state index < -0.39 is 35.1 Å². The van der Waals surface area contributed by atoms with Gasteiger partial charge in [-0.1, -0.05) is 20.8 Å². The smallest absolute Gasteiger partial charge is 0.390 e. The fourth-order valence-electron chi connectivity index (χ4n) is 4.92. The molecule has 0 aliphatic carbocycles. The Hall–Kier alpha value is -1.40. The molecule has 14 heteroatoms. The molecule has 2 fully saturated rings. The molecule has 0 saturated carbocycles. The molecular formula is C23H45N3O9Si2. The predicted molar refractivity (Wildman–Crippen MR) is 139 cm³/mol. The van der Waals surface area contributed by atoms with E-state index in [-0.39, 0.29) is 55.7 Å². The molecule has 0 aromatic rings. The number of nitrogens with zero attached hydrogens (tertiary/aromatic N) is 3. The van der Waals surface area contributed by atoms with Crippen molar-refractivity contribution in [3.05, 3.63) is 0 Å². The molecule has 2 rings (SSSR count). The van der Waals surface area contributed by atoms with Gasteiger partial charge in [0.2, 0.25) is 17.7 Å². The van der Waals surface area contributed by atoms with Crippen LogP contribution in [-0.4, -0.2) is 122 Å². The summed E-state index contributed by atoms with van der Waals surface area (Å²) in [5.74, 6) is -0.553. The lowest BCUT2D eigenvalue weighted by Gasteiger charge is -2.35. The van der Waals surface area contributed by atoms with Gasteiger partial charge in [0, 0.05) is 57.9 Å². The maximum absolute atomic E-state index is 13.7. The molecular weight excluding hydrogens is 518 g/mol. The summed E-state index contributed by atoms with van der Waals surface area (Å²) in [5, 5.41) is 0. The number of amides is 3. The Bertz CT molecular complexity index is 785. The van der Waals surface area contributed by atoms with Gasteiger partial charge in [-0.05, 0) is 38.5 Å². The van der Waals surface area contributed by atoms with Gasteiger partial charge in [0.15, 0.2) is 0 Å². The molecule has 0 radical (unpaired) electrons. The normalized spacial score (nSPS) is 21.0. The minimum atomic E-state index is -3.79. The van der Waals surface area contributed by atoms with E-state index >= 15 is 0 Å². The molecule has 0 spiro atoms. The fourth-order valence-corrected chi connectivity index (χ4v) is 6.57. The maximum Gasteiger partial charge on any atom is 0.495 e. The number of carbonyl (C=O) groups excluding carboxylic acids is 3. The van der Waals surface area contributed by atoms with Gasteiger partial charge in [-0.15, -0.1) is 0 Å². The fraction of sp³-hybridized carbons (Fsp3) is 0.870. The number of carbonyl (C=O) groups is 3. The number of rotatable bonds is 12. The Kier molecular flexibility index (Phi) is 11.3. The molecule has 37 heavy (non-hydrogen) atoms. The van der Waals surface area contributed by atoms with Crippen molar-refractivity contribution in [3.63, 3.8) is 0 Å². The second-order valence-electron chi connectivity index (χ2n) is 11.0. The van der Waals surface area contributed by atoms with E-state index in [0.29, 0.717) is 32.4 Å². The highest BCUT2D eigenvalue weighted by molar-refractivity contribution is 6.57. The van der Waals surface area contributed by atoms with Crippen LogP contribution in [0, 0.1) is 5.41 Å². The van der Waals surface area contributed by atoms with Crippen LogP contribution < -0.4 is 0 Å². The molecule has 0 unspecified atom stereocenters. The van der Waals surface area contributed by atoms with E-state index in [1.165, 1.54) is 14.2 Å². The maximum atomic E-state index is 13.7. The van der Waals surface area contributed by atoms with Crippen LogP contribution in [0.25, 0.3) is 0 Å². The van der Waals surface area contributed by atoms with E-state index in [2.05, 4.69) is 0 Å². The van der Waals surface area contributed by atoms with Gasteiger partial charge < -0.3 is 42.7 Å². The van der Waals surface area contributed by atoms with Gasteiger partial charge in [-0.3, -0.25) is 14.4 Å². The first-order valence-electron chi connectivity index (χ1n) is 13.0. The summed E-state index contributed by atoms with van der Waals surface area (Å²) in [7, 11) is -5.13. The molecule has 0 aromatic heterocycles. The summed E-state index contributed by atoms with van der Waals surface area (Å²) in [6, 6.07) is -1.25. The van der Waals surface area contributed by atoms with Gasteiger partial charge in [-0.25, -0.2) is 0 Å². The molecule has 3 amide bonds. The third-order valence-electron chi connectivity index (χ3n) is 7.09. The largest absolute Gasteiger partial charge is 0.495 e. The summed E-state index contributed by atoms with van der Waals surface area (Å²) in [6.07, 6.45) is 3.01. The molecule has 2 aliphatic heterocycles. The Balaban J connectivity index is 2.15. The summed E-state index contributed by atoms with van der Waals surface area (Å²) in [6.45, 7) is 6.84. The van der Waals surface area contributed by atoms with Gasteiger partial charge in [0.1, 0.15) is 12.1 Å². The van der Waals surface area contributed by atoms with Crippen LogP contribution in [0.15, 0.2) is 0 Å². The van der Waals surface area contributed by atoms with Crippen molar-refractivity contribution in [2.75, 3.05) is 40.4 Å². The lowest BCUT2D eigenvalue weighted by molar-refractivity contribution is -0.151. The second-order valence-corrected chi connectivity index (χ2v) is 15.8. The number of hydrogen-bond donors (Lipinski definition) is 4. The first-order chi connectivity index (χ1) is 17.1. The molecule has 214 valence electrons. The zero-order valence-electron chi connectivity index (χ0n) is 22.8. The predicted octanol–water partition coefficient (Wildman–Crippen LogP) is -0.237. The van der Waals surface area contributed by atoms with Crippen molar-refractivity contribution in [3.8, 4) is 0 Å². The Morgan fingerprint density at radius 1 is 0.838 bits per heavy atom. The summed E-state index contributed by atoms with van der Waals surface area (Å²) < 4.78 is 9.53. The molecule has 2 aliphatic rings. The third kappa shape index (κ3) is 8.81. The van der Waals surface area contributed by atoms with Crippen molar-refractivity contribution in [1.82, 2.24) is 14.7 Å². The van der Waals surface area contributed by atoms with Crippen molar-refractivity contribution in [2.45, 2.75) is 83.5 Å². The molecule has 2 heterocycles. The van der Waals surface area contributed by atoms with E-state index in [4.69, 9.17) is 8.85 Å². The lowest BCUT2D eigenvalue weighted by atomic mass is 9.94. The zero-order chi connectivity index (χ0) is 28.0. The van der Waals surface area contributed by atoms with Gasteiger partial charge >= 0.3 is 17.6 Å². The van der Waals surface area contributed by atoms with Crippen molar-refractivity contribution in [2.24, 2.45) is 5.41 Å². The monoisotopic (exact) mass is 563 g/mol. The summed E-state index contributed by atoms with van der Waals surface area (Å²) >= 11 is 0. The summed E-state index contributed by atoms with van der Waals surface area (Å²) in [5.41, 5.74) is -0.611. The van der Waals surface area contributed by atoms with Crippen molar-refractivity contribution < 1.29 is 42.4 Å². The van der Waals surface area contributed by atoms with E-state index in [1.807, 2.05) is 20.8 Å². The molecule has 12 nitrogen and oxygen atoms in total. The van der Waals surface area contributed by atoms with Crippen LogP contribution in [0.2, 0.25) is 12.1 Å². The van der Waals surface area contributed by atoms with Crippen LogP contribution in [-0.2, 0) is 23.2 Å². The van der Waals surface area contributed by atoms with E-state index in [0.717, 1.165) is 6.42 Å². The molecule has 0 bridgehead atoms. The van der Waals surface area contributed by atoms with Crippen LogP contribution >= 0.6 is 0 Å². The average Bonchev–Trinajstić information content (AvgIpc) is 3.51. The molecule has 4 N–H and O–H groups in total. The molecule has 0 aromatic carbocycles. The molecule has 2 saturated heterocycles. The first kappa shape index (κ1) is 31.8. The van der Waals surface area contributed by atoms with E-state index in [1.54, 1.807) is 14.7 Å². The van der Waals surface area contributed by atoms with Crippen LogP contribution in [0.1, 0.15) is 59.3 Å². The summed E-state index contributed by atoms with van der Waals surface area (Å²) in [4.78, 5) is 84.5. The minimum Gasteiger partial charge on any atom is -0.390 e. The topological polar surface area (TPSA) is 160 Å². The zero-order valence-corrected chi connectivity index (χ0v) is 24.8. The lowest BCUT2D eigenvalue weighted by Crippen LogP contribution is -2.55. The van der Waals surface area contributed by atoms with Crippen LogP contribution in [0.3, 0.4) is 0 Å². The second kappa shape index (κ2) is 13.1. The highest BCUT2D eigenvalue weighted by Gasteiger charge is 2.45. The first-order valence-corrected chi connectivity index (χ1v) is 17.1. The highest BCUT2D eigenvalue weighted by atomic mass is 28.4. The van der Waals surface area contributed by atoms with Gasteiger partial charge in [0.25, 0.3) is 0 Å². The Labute approximate surface area is 221 Å². The molecule has 2 atom stereocenters. The van der Waals surface area contributed by atoms with Crippen LogP contribution in [0.4, 0.5) is 0 Å². The highest BCUT2D eigenvalue weighted by Crippen LogP contribution is 2.29. The quantitative estimate of drug-likeness (QED) is 0.235.